The second kappa shape index (κ2) is 7.61. The molecule has 1 aliphatic heterocycles. The number of hydrogen-bond acceptors (Lipinski definition) is 8. The van der Waals surface area contributed by atoms with E-state index in [2.05, 4.69) is 29.9 Å². The number of anilines is 2. The van der Waals surface area contributed by atoms with Gasteiger partial charge < -0.3 is 15.5 Å². The second-order valence-corrected chi connectivity index (χ2v) is 7.27. The lowest BCUT2D eigenvalue weighted by atomic mass is 10.1. The van der Waals surface area contributed by atoms with Crippen LogP contribution in [0.5, 0.6) is 0 Å². The second-order valence-electron chi connectivity index (χ2n) is 7.27. The van der Waals surface area contributed by atoms with Crippen LogP contribution in [0.25, 0.3) is 5.78 Å². The smallest absolute Gasteiger partial charge is 0.254 e. The van der Waals surface area contributed by atoms with Crippen molar-refractivity contribution in [2.75, 3.05) is 36.8 Å². The Bertz CT molecular complexity index is 1050. The SMILES string of the molecule is Cc1nccc(N2CCN(C(=O)CCc3c(C)nc4nc(N)nn4c3C)CC2)n1. The van der Waals surface area contributed by atoms with Gasteiger partial charge in [0, 0.05) is 50.2 Å². The van der Waals surface area contributed by atoms with Gasteiger partial charge in [-0.05, 0) is 38.8 Å². The average Bonchev–Trinajstić information content (AvgIpc) is 3.08. The number of fused-ring (bicyclic) bond motifs is 1. The van der Waals surface area contributed by atoms with Gasteiger partial charge in [-0.3, -0.25) is 4.79 Å². The van der Waals surface area contributed by atoms with Crippen LogP contribution in [-0.4, -0.2) is 66.5 Å². The molecule has 10 heteroatoms. The summed E-state index contributed by atoms with van der Waals surface area (Å²) in [5, 5.41) is 4.18. The predicted octanol–water partition coefficient (Wildman–Crippen LogP) is 0.703. The number of nitrogen functional groups attached to an aromatic ring is 1. The van der Waals surface area contributed by atoms with Gasteiger partial charge in [0.25, 0.3) is 5.78 Å². The van der Waals surface area contributed by atoms with Gasteiger partial charge in [-0.1, -0.05) is 0 Å². The number of hydrogen-bond donors (Lipinski definition) is 1. The minimum absolute atomic E-state index is 0.153. The van der Waals surface area contributed by atoms with Crippen molar-refractivity contribution < 1.29 is 4.79 Å². The van der Waals surface area contributed by atoms with Gasteiger partial charge in [0.2, 0.25) is 11.9 Å². The first-order valence-electron chi connectivity index (χ1n) is 9.73. The van der Waals surface area contributed by atoms with E-state index in [4.69, 9.17) is 5.73 Å². The summed E-state index contributed by atoms with van der Waals surface area (Å²) in [7, 11) is 0. The third-order valence-electron chi connectivity index (χ3n) is 5.37. The van der Waals surface area contributed by atoms with E-state index in [1.165, 1.54) is 0 Å². The van der Waals surface area contributed by atoms with Crippen molar-refractivity contribution in [1.29, 1.82) is 0 Å². The molecule has 0 radical (unpaired) electrons. The maximum atomic E-state index is 12.8. The first-order valence-corrected chi connectivity index (χ1v) is 9.73. The minimum atomic E-state index is 0.153. The third kappa shape index (κ3) is 3.82. The van der Waals surface area contributed by atoms with Gasteiger partial charge in [-0.2, -0.15) is 9.50 Å². The van der Waals surface area contributed by atoms with Crippen molar-refractivity contribution in [1.82, 2.24) is 34.4 Å². The van der Waals surface area contributed by atoms with Crippen molar-refractivity contribution in [3.8, 4) is 0 Å². The van der Waals surface area contributed by atoms with E-state index < -0.39 is 0 Å². The number of aromatic nitrogens is 6. The van der Waals surface area contributed by atoms with Crippen LogP contribution in [0.4, 0.5) is 11.8 Å². The Morgan fingerprint density at radius 1 is 1.10 bits per heavy atom. The molecule has 4 rings (SSSR count). The summed E-state index contributed by atoms with van der Waals surface area (Å²) >= 11 is 0. The van der Waals surface area contributed by atoms with E-state index in [0.717, 1.165) is 41.7 Å². The molecule has 3 aromatic heterocycles. The highest BCUT2D eigenvalue weighted by atomic mass is 16.2. The molecule has 3 aromatic rings. The van der Waals surface area contributed by atoms with E-state index in [-0.39, 0.29) is 11.9 Å². The zero-order chi connectivity index (χ0) is 20.5. The van der Waals surface area contributed by atoms with Crippen molar-refractivity contribution >= 4 is 23.5 Å². The van der Waals surface area contributed by atoms with Gasteiger partial charge in [0.05, 0.1) is 0 Å². The molecule has 2 N–H and O–H groups in total. The van der Waals surface area contributed by atoms with Crippen molar-refractivity contribution in [3.63, 3.8) is 0 Å². The molecule has 0 bridgehead atoms. The van der Waals surface area contributed by atoms with Crippen LogP contribution in [-0.2, 0) is 11.2 Å². The lowest BCUT2D eigenvalue weighted by Crippen LogP contribution is -2.49. The molecule has 0 unspecified atom stereocenters. The zero-order valence-corrected chi connectivity index (χ0v) is 17.0. The first-order chi connectivity index (χ1) is 13.9. The molecule has 0 saturated carbocycles. The molecule has 29 heavy (non-hydrogen) atoms. The van der Waals surface area contributed by atoms with Crippen LogP contribution in [0.15, 0.2) is 12.3 Å². The number of rotatable bonds is 4. The average molecular weight is 395 g/mol. The fraction of sp³-hybridized carbons (Fsp3) is 0.474. The van der Waals surface area contributed by atoms with Crippen LogP contribution >= 0.6 is 0 Å². The zero-order valence-electron chi connectivity index (χ0n) is 17.0. The quantitative estimate of drug-likeness (QED) is 0.686. The van der Waals surface area contributed by atoms with Crippen molar-refractivity contribution in [2.24, 2.45) is 0 Å². The normalized spacial score (nSPS) is 14.6. The molecule has 1 amide bonds. The summed E-state index contributed by atoms with van der Waals surface area (Å²) in [6.07, 6.45) is 2.82. The molecule has 0 aromatic carbocycles. The third-order valence-corrected chi connectivity index (χ3v) is 5.37. The highest BCUT2D eigenvalue weighted by molar-refractivity contribution is 5.77. The van der Waals surface area contributed by atoms with E-state index in [1.54, 1.807) is 10.7 Å². The minimum Gasteiger partial charge on any atom is -0.366 e. The summed E-state index contributed by atoms with van der Waals surface area (Å²) < 4.78 is 1.64. The van der Waals surface area contributed by atoms with Gasteiger partial charge in [0.15, 0.2) is 0 Å². The fourth-order valence-electron chi connectivity index (χ4n) is 3.78. The summed E-state index contributed by atoms with van der Waals surface area (Å²) in [4.78, 5) is 34.1. The van der Waals surface area contributed by atoms with Crippen LogP contribution in [0, 0.1) is 20.8 Å². The molecule has 1 saturated heterocycles. The first kappa shape index (κ1) is 19.0. The molecular weight excluding hydrogens is 370 g/mol. The molecule has 0 aliphatic carbocycles. The topological polar surface area (TPSA) is 118 Å². The highest BCUT2D eigenvalue weighted by Crippen LogP contribution is 2.18. The van der Waals surface area contributed by atoms with Gasteiger partial charge in [-0.15, -0.1) is 5.10 Å². The summed E-state index contributed by atoms with van der Waals surface area (Å²) in [6, 6.07) is 1.91. The van der Waals surface area contributed by atoms with Gasteiger partial charge in [-0.25, -0.2) is 15.0 Å². The number of aryl methyl sites for hydroxylation is 3. The monoisotopic (exact) mass is 395 g/mol. The highest BCUT2D eigenvalue weighted by Gasteiger charge is 2.22. The van der Waals surface area contributed by atoms with E-state index in [0.29, 0.717) is 31.7 Å². The molecule has 0 spiro atoms. The van der Waals surface area contributed by atoms with Crippen LogP contribution < -0.4 is 10.6 Å². The maximum absolute atomic E-state index is 12.8. The summed E-state index contributed by atoms with van der Waals surface area (Å²) in [6.45, 7) is 8.69. The van der Waals surface area contributed by atoms with Gasteiger partial charge >= 0.3 is 0 Å². The number of nitrogens with zero attached hydrogens (tertiary/aromatic N) is 8. The predicted molar refractivity (Wildman–Crippen MR) is 109 cm³/mol. The number of piperazine rings is 1. The molecule has 10 nitrogen and oxygen atoms in total. The summed E-state index contributed by atoms with van der Waals surface area (Å²) in [5.41, 5.74) is 8.49. The molecule has 4 heterocycles. The number of carbonyl (C=O) groups is 1. The Hall–Kier alpha value is -3.30. The van der Waals surface area contributed by atoms with Crippen LogP contribution in [0.3, 0.4) is 0 Å². The molecule has 1 aliphatic rings. The van der Waals surface area contributed by atoms with E-state index in [9.17, 15) is 4.79 Å². The number of carbonyl (C=O) groups excluding carboxylic acids is 1. The Labute approximate surface area is 168 Å². The van der Waals surface area contributed by atoms with E-state index in [1.807, 2.05) is 31.7 Å². The molecule has 152 valence electrons. The Morgan fingerprint density at radius 2 is 1.86 bits per heavy atom. The number of nitrogens with two attached hydrogens (primary N) is 1. The molecule has 1 fully saturated rings. The fourth-order valence-corrected chi connectivity index (χ4v) is 3.78. The Morgan fingerprint density at radius 3 is 2.59 bits per heavy atom. The lowest BCUT2D eigenvalue weighted by molar-refractivity contribution is -0.131. The standard InChI is InChI=1S/C19H25N9O/c1-12-15(13(2)28-19(22-12)24-18(20)25-28)4-5-17(29)27-10-8-26(9-11-27)16-6-7-21-14(3)23-16/h6-7H,4-5,8-11H2,1-3H3,(H2,20,25). The number of amides is 1. The Balaban J connectivity index is 1.38. The van der Waals surface area contributed by atoms with Crippen molar-refractivity contribution in [3.05, 3.63) is 35.0 Å². The maximum Gasteiger partial charge on any atom is 0.254 e. The summed E-state index contributed by atoms with van der Waals surface area (Å²) in [5.74, 6) is 2.52. The van der Waals surface area contributed by atoms with Crippen LogP contribution in [0.2, 0.25) is 0 Å². The Kier molecular flexibility index (Phi) is 4.99. The lowest BCUT2D eigenvalue weighted by Gasteiger charge is -2.35. The van der Waals surface area contributed by atoms with Crippen LogP contribution in [0.1, 0.15) is 29.2 Å². The molecular formula is C19H25N9O. The molecule has 0 atom stereocenters. The largest absolute Gasteiger partial charge is 0.366 e. The van der Waals surface area contributed by atoms with Crippen molar-refractivity contribution in [2.45, 2.75) is 33.6 Å². The van der Waals surface area contributed by atoms with E-state index >= 15 is 0 Å². The van der Waals surface area contributed by atoms with Gasteiger partial charge in [0.1, 0.15) is 11.6 Å².